The minimum Gasteiger partial charge on any atom is -0.497 e. The van der Waals surface area contributed by atoms with Gasteiger partial charge in [0.1, 0.15) is 17.4 Å². The van der Waals surface area contributed by atoms with Crippen LogP contribution >= 0.6 is 11.8 Å². The number of carbonyl (C=O) groups excluding carboxylic acids is 1. The van der Waals surface area contributed by atoms with Crippen LogP contribution in [0.5, 0.6) is 5.75 Å². The van der Waals surface area contributed by atoms with Crippen molar-refractivity contribution in [2.45, 2.75) is 43.8 Å². The molecule has 1 aliphatic carbocycles. The van der Waals surface area contributed by atoms with Gasteiger partial charge in [-0.25, -0.2) is 4.98 Å². The molecule has 2 aromatic rings. The van der Waals surface area contributed by atoms with E-state index in [4.69, 9.17) is 4.74 Å². The average Bonchev–Trinajstić information content (AvgIpc) is 2.73. The quantitative estimate of drug-likeness (QED) is 0.558. The summed E-state index contributed by atoms with van der Waals surface area (Å²) in [5, 5.41) is 12.7. The number of H-pyrrole nitrogens is 1. The molecule has 0 saturated heterocycles. The topological polar surface area (TPSA) is 108 Å². The van der Waals surface area contributed by atoms with Crippen molar-refractivity contribution < 1.29 is 9.53 Å². The van der Waals surface area contributed by atoms with Crippen LogP contribution in [0.15, 0.2) is 34.2 Å². The fourth-order valence-electron chi connectivity index (χ4n) is 3.39. The van der Waals surface area contributed by atoms with Crippen molar-refractivity contribution in [3.8, 4) is 23.1 Å². The van der Waals surface area contributed by atoms with Gasteiger partial charge >= 0.3 is 0 Å². The van der Waals surface area contributed by atoms with E-state index in [1.807, 2.05) is 6.07 Å². The molecule has 0 spiro atoms. The van der Waals surface area contributed by atoms with Crippen molar-refractivity contribution in [2.75, 3.05) is 12.9 Å². The summed E-state index contributed by atoms with van der Waals surface area (Å²) < 4.78 is 5.14. The highest BCUT2D eigenvalue weighted by molar-refractivity contribution is 7.99. The summed E-state index contributed by atoms with van der Waals surface area (Å²) in [6.07, 6.45) is 4.28. The first-order valence-electron chi connectivity index (χ1n) is 9.61. The van der Waals surface area contributed by atoms with Crippen LogP contribution in [-0.2, 0) is 4.79 Å². The molecule has 0 radical (unpaired) electrons. The smallest absolute Gasteiger partial charge is 0.270 e. The highest BCUT2D eigenvalue weighted by Crippen LogP contribution is 2.25. The van der Waals surface area contributed by atoms with E-state index in [2.05, 4.69) is 22.2 Å². The summed E-state index contributed by atoms with van der Waals surface area (Å²) in [7, 11) is 1.56. The van der Waals surface area contributed by atoms with Gasteiger partial charge in [0.05, 0.1) is 18.6 Å². The molecular formula is C21H24N4O3S. The number of hydrogen-bond acceptors (Lipinski definition) is 6. The van der Waals surface area contributed by atoms with Crippen molar-refractivity contribution in [1.82, 2.24) is 15.3 Å². The van der Waals surface area contributed by atoms with Gasteiger partial charge in [0, 0.05) is 11.6 Å². The third-order valence-electron chi connectivity index (χ3n) is 5.09. The van der Waals surface area contributed by atoms with Gasteiger partial charge in [0.15, 0.2) is 5.16 Å². The molecule has 0 unspecified atom stereocenters. The Balaban J connectivity index is 1.71. The fourth-order valence-corrected chi connectivity index (χ4v) is 4.06. The van der Waals surface area contributed by atoms with Crippen LogP contribution in [0.1, 0.15) is 38.2 Å². The Morgan fingerprint density at radius 3 is 2.62 bits per heavy atom. The first kappa shape index (κ1) is 20.9. The second-order valence-corrected chi connectivity index (χ2v) is 8.21. The lowest BCUT2D eigenvalue weighted by molar-refractivity contribution is -0.119. The number of nitriles is 1. The summed E-state index contributed by atoms with van der Waals surface area (Å²) in [5.41, 5.74) is 0.358. The second-order valence-electron chi connectivity index (χ2n) is 7.25. The van der Waals surface area contributed by atoms with Crippen LogP contribution in [0.3, 0.4) is 0 Å². The number of nitrogens with one attached hydrogen (secondary N) is 2. The molecule has 0 atom stereocenters. The maximum absolute atomic E-state index is 12.3. The zero-order valence-corrected chi connectivity index (χ0v) is 17.3. The van der Waals surface area contributed by atoms with Gasteiger partial charge < -0.3 is 15.0 Å². The molecule has 7 nitrogen and oxygen atoms in total. The number of hydrogen-bond donors (Lipinski definition) is 2. The molecule has 152 valence electrons. The minimum atomic E-state index is -0.516. The number of methoxy groups -OCH3 is 1. The molecule has 1 amide bonds. The average molecular weight is 413 g/mol. The van der Waals surface area contributed by atoms with E-state index in [0.29, 0.717) is 22.2 Å². The number of ether oxygens (including phenoxy) is 1. The summed E-state index contributed by atoms with van der Waals surface area (Å²) in [6, 6.07) is 9.11. The number of benzene rings is 1. The normalized spacial score (nSPS) is 18.7. The van der Waals surface area contributed by atoms with Crippen LogP contribution in [0.4, 0.5) is 0 Å². The van der Waals surface area contributed by atoms with Crippen LogP contribution in [-0.4, -0.2) is 34.8 Å². The van der Waals surface area contributed by atoms with Gasteiger partial charge in [-0.1, -0.05) is 18.7 Å². The van der Waals surface area contributed by atoms with E-state index in [9.17, 15) is 14.9 Å². The minimum absolute atomic E-state index is 0.0553. The number of carbonyl (C=O) groups is 1. The van der Waals surface area contributed by atoms with E-state index in [1.54, 1.807) is 31.4 Å². The Morgan fingerprint density at radius 2 is 2.00 bits per heavy atom. The molecule has 29 heavy (non-hydrogen) atoms. The Labute approximate surface area is 173 Å². The van der Waals surface area contributed by atoms with Crippen molar-refractivity contribution in [1.29, 1.82) is 5.26 Å². The van der Waals surface area contributed by atoms with Gasteiger partial charge in [0.2, 0.25) is 5.91 Å². The number of nitrogens with zero attached hydrogens (tertiary/aromatic N) is 2. The van der Waals surface area contributed by atoms with Crippen LogP contribution in [0.2, 0.25) is 0 Å². The fraction of sp³-hybridized carbons (Fsp3) is 0.429. The molecule has 1 aromatic heterocycles. The van der Waals surface area contributed by atoms with Gasteiger partial charge in [0.25, 0.3) is 5.56 Å². The van der Waals surface area contributed by atoms with E-state index in [1.165, 1.54) is 0 Å². The summed E-state index contributed by atoms with van der Waals surface area (Å²) in [6.45, 7) is 2.24. The predicted molar refractivity (Wildman–Crippen MR) is 112 cm³/mol. The highest BCUT2D eigenvalue weighted by atomic mass is 32.2. The maximum atomic E-state index is 12.3. The molecule has 0 aliphatic heterocycles. The standard InChI is InChI=1S/C21H24N4O3S/c1-13-3-7-15(8-4-13)23-18(26)12-29-21-24-19(17(11-22)20(27)25-21)14-5-9-16(28-2)10-6-14/h5-6,9-10,13,15H,3-4,7-8,12H2,1-2H3,(H,23,26)(H,24,25,27). The van der Waals surface area contributed by atoms with Gasteiger partial charge in [-0.15, -0.1) is 0 Å². The third kappa shape index (κ3) is 5.39. The van der Waals surface area contributed by atoms with E-state index in [-0.39, 0.29) is 23.3 Å². The molecule has 1 saturated carbocycles. The molecule has 1 fully saturated rings. The Bertz CT molecular complexity index is 957. The van der Waals surface area contributed by atoms with E-state index in [0.717, 1.165) is 43.4 Å². The molecule has 3 rings (SSSR count). The zero-order chi connectivity index (χ0) is 20.8. The second kappa shape index (κ2) is 9.61. The first-order valence-corrected chi connectivity index (χ1v) is 10.6. The molecule has 0 bridgehead atoms. The van der Waals surface area contributed by atoms with E-state index < -0.39 is 5.56 Å². The molecule has 1 aromatic carbocycles. The maximum Gasteiger partial charge on any atom is 0.270 e. The number of amides is 1. The molecule has 8 heteroatoms. The van der Waals surface area contributed by atoms with Crippen LogP contribution in [0.25, 0.3) is 11.3 Å². The largest absolute Gasteiger partial charge is 0.497 e. The monoisotopic (exact) mass is 412 g/mol. The van der Waals surface area contributed by atoms with Crippen molar-refractivity contribution in [3.63, 3.8) is 0 Å². The first-order chi connectivity index (χ1) is 14.0. The number of thioether (sulfide) groups is 1. The summed E-state index contributed by atoms with van der Waals surface area (Å²) in [4.78, 5) is 31.6. The molecular weight excluding hydrogens is 388 g/mol. The number of aromatic nitrogens is 2. The zero-order valence-electron chi connectivity index (χ0n) is 16.5. The highest BCUT2D eigenvalue weighted by Gasteiger charge is 2.20. The summed E-state index contributed by atoms with van der Waals surface area (Å²) in [5.74, 6) is 1.47. The Morgan fingerprint density at radius 1 is 1.31 bits per heavy atom. The lowest BCUT2D eigenvalue weighted by Crippen LogP contribution is -2.38. The SMILES string of the molecule is COc1ccc(-c2nc(SCC(=O)NC3CCC(C)CC3)[nH]c(=O)c2C#N)cc1. The van der Waals surface area contributed by atoms with Crippen molar-refractivity contribution >= 4 is 17.7 Å². The molecule has 2 N–H and O–H groups in total. The molecule has 1 aliphatic rings. The van der Waals surface area contributed by atoms with Crippen molar-refractivity contribution in [2.24, 2.45) is 5.92 Å². The lowest BCUT2D eigenvalue weighted by Gasteiger charge is -2.26. The van der Waals surface area contributed by atoms with Gasteiger partial charge in [-0.2, -0.15) is 5.26 Å². The van der Waals surface area contributed by atoms with Crippen LogP contribution < -0.4 is 15.6 Å². The Hall–Kier alpha value is -2.79. The molecule has 1 heterocycles. The third-order valence-corrected chi connectivity index (χ3v) is 5.97. The number of rotatable bonds is 6. The van der Waals surface area contributed by atoms with Crippen LogP contribution in [0, 0.1) is 17.2 Å². The lowest BCUT2D eigenvalue weighted by atomic mass is 9.87. The van der Waals surface area contributed by atoms with E-state index >= 15 is 0 Å². The summed E-state index contributed by atoms with van der Waals surface area (Å²) >= 11 is 1.15. The predicted octanol–water partition coefficient (Wildman–Crippen LogP) is 3.10. The van der Waals surface area contributed by atoms with Crippen molar-refractivity contribution in [3.05, 3.63) is 40.2 Å². The van der Waals surface area contributed by atoms with Gasteiger partial charge in [-0.3, -0.25) is 9.59 Å². The number of aromatic amines is 1. The Kier molecular flexibility index (Phi) is 6.94. The van der Waals surface area contributed by atoms with Gasteiger partial charge in [-0.05, 0) is 55.9 Å².